The molecule has 0 bridgehead atoms. The lowest BCUT2D eigenvalue weighted by Gasteiger charge is -2.14. The quantitative estimate of drug-likeness (QED) is 0.852. The molecule has 0 unspecified atom stereocenters. The highest BCUT2D eigenvalue weighted by molar-refractivity contribution is 7.84. The van der Waals surface area contributed by atoms with Crippen LogP contribution in [-0.2, 0) is 23.8 Å². The van der Waals surface area contributed by atoms with E-state index in [0.717, 1.165) is 23.6 Å². The van der Waals surface area contributed by atoms with Crippen molar-refractivity contribution in [3.63, 3.8) is 0 Å². The number of nitrogens with one attached hydrogen (secondary N) is 1. The molecule has 0 amide bonds. The zero-order valence-corrected chi connectivity index (χ0v) is 14.2. The van der Waals surface area contributed by atoms with Gasteiger partial charge in [-0.05, 0) is 48.7 Å². The van der Waals surface area contributed by atoms with Gasteiger partial charge in [-0.3, -0.25) is 4.21 Å². The molecule has 0 aliphatic carbocycles. The van der Waals surface area contributed by atoms with Crippen LogP contribution in [0.4, 0.5) is 0 Å². The number of methoxy groups -OCH3 is 1. The minimum absolute atomic E-state index is 0.368. The predicted octanol–water partition coefficient (Wildman–Crippen LogP) is 3.15. The van der Waals surface area contributed by atoms with E-state index in [1.807, 2.05) is 36.4 Å². The van der Waals surface area contributed by atoms with Gasteiger partial charge in [-0.25, -0.2) is 0 Å². The fourth-order valence-electron chi connectivity index (χ4n) is 2.32. The van der Waals surface area contributed by atoms with Crippen LogP contribution in [0, 0.1) is 0 Å². The van der Waals surface area contributed by atoms with Crippen molar-refractivity contribution in [3.05, 3.63) is 59.7 Å². The average Bonchev–Trinajstić information content (AvgIpc) is 2.53. The topological polar surface area (TPSA) is 38.3 Å². The van der Waals surface area contributed by atoms with Crippen LogP contribution in [0.25, 0.3) is 0 Å². The Morgan fingerprint density at radius 2 is 1.86 bits per heavy atom. The largest absolute Gasteiger partial charge is 0.497 e. The minimum atomic E-state index is -0.912. The Morgan fingerprint density at radius 1 is 1.14 bits per heavy atom. The van der Waals surface area contributed by atoms with Gasteiger partial charge >= 0.3 is 0 Å². The van der Waals surface area contributed by atoms with E-state index in [-0.39, 0.29) is 0 Å². The summed E-state index contributed by atoms with van der Waals surface area (Å²) in [5.74, 6) is 0.896. The van der Waals surface area contributed by atoms with Crippen molar-refractivity contribution >= 4 is 10.8 Å². The van der Waals surface area contributed by atoms with Gasteiger partial charge in [0.05, 0.1) is 7.11 Å². The Morgan fingerprint density at radius 3 is 2.50 bits per heavy atom. The molecule has 0 saturated carbocycles. The molecule has 0 heterocycles. The van der Waals surface area contributed by atoms with E-state index < -0.39 is 10.8 Å². The monoisotopic (exact) mass is 317 g/mol. The standard InChI is InChI=1S/C18H23NO2S/c1-14(11-16-5-4-6-17(12-16)21-2)19-13-15-7-9-18(10-8-15)22(3)20/h4-10,12,14,19H,11,13H2,1-3H3/t14-,22+/m0/s1. The SMILES string of the molecule is COc1cccc(C[C@H](C)NCc2ccc([S@@](C)=O)cc2)c1. The van der Waals surface area contributed by atoms with Gasteiger partial charge in [0.2, 0.25) is 0 Å². The van der Waals surface area contributed by atoms with Gasteiger partial charge in [-0.2, -0.15) is 0 Å². The lowest BCUT2D eigenvalue weighted by atomic mass is 10.1. The van der Waals surface area contributed by atoms with Crippen molar-refractivity contribution < 1.29 is 8.95 Å². The summed E-state index contributed by atoms with van der Waals surface area (Å²) < 4.78 is 16.6. The van der Waals surface area contributed by atoms with Crippen LogP contribution < -0.4 is 10.1 Å². The molecule has 4 heteroatoms. The molecule has 3 nitrogen and oxygen atoms in total. The molecule has 0 fully saturated rings. The first-order valence-corrected chi connectivity index (χ1v) is 8.93. The van der Waals surface area contributed by atoms with Crippen molar-refractivity contribution in [2.45, 2.75) is 30.8 Å². The molecule has 2 aromatic rings. The van der Waals surface area contributed by atoms with Gasteiger partial charge in [0.15, 0.2) is 0 Å². The van der Waals surface area contributed by atoms with E-state index in [1.165, 1.54) is 11.1 Å². The second-order valence-electron chi connectivity index (χ2n) is 5.44. The Labute approximate surface area is 135 Å². The molecule has 0 aliphatic rings. The highest BCUT2D eigenvalue weighted by Gasteiger charge is 2.05. The molecule has 1 N–H and O–H groups in total. The lowest BCUT2D eigenvalue weighted by molar-refractivity contribution is 0.414. The third kappa shape index (κ3) is 4.97. The predicted molar refractivity (Wildman–Crippen MR) is 91.8 cm³/mol. The molecule has 0 spiro atoms. The summed E-state index contributed by atoms with van der Waals surface area (Å²) in [6.07, 6.45) is 2.65. The van der Waals surface area contributed by atoms with E-state index in [2.05, 4.69) is 24.4 Å². The first kappa shape index (κ1) is 16.7. The molecular weight excluding hydrogens is 294 g/mol. The smallest absolute Gasteiger partial charge is 0.119 e. The Hall–Kier alpha value is -1.65. The van der Waals surface area contributed by atoms with Gasteiger partial charge in [-0.1, -0.05) is 24.3 Å². The Balaban J connectivity index is 1.86. The maximum absolute atomic E-state index is 11.4. The summed E-state index contributed by atoms with van der Waals surface area (Å²) >= 11 is 0. The molecule has 2 atom stereocenters. The zero-order chi connectivity index (χ0) is 15.9. The van der Waals surface area contributed by atoms with Gasteiger partial charge in [0, 0.05) is 34.5 Å². The van der Waals surface area contributed by atoms with Crippen LogP contribution in [0.3, 0.4) is 0 Å². The molecule has 118 valence electrons. The third-order valence-electron chi connectivity index (χ3n) is 3.59. The van der Waals surface area contributed by atoms with Crippen molar-refractivity contribution in [1.29, 1.82) is 0 Å². The summed E-state index contributed by atoms with van der Waals surface area (Å²) in [5, 5.41) is 3.52. The highest BCUT2D eigenvalue weighted by Crippen LogP contribution is 2.14. The van der Waals surface area contributed by atoms with Crippen LogP contribution in [0.5, 0.6) is 5.75 Å². The summed E-state index contributed by atoms with van der Waals surface area (Å²) in [7, 11) is 0.776. The zero-order valence-electron chi connectivity index (χ0n) is 13.3. The lowest BCUT2D eigenvalue weighted by Crippen LogP contribution is -2.27. The molecule has 2 rings (SSSR count). The van der Waals surface area contributed by atoms with Crippen molar-refractivity contribution in [2.75, 3.05) is 13.4 Å². The second-order valence-corrected chi connectivity index (χ2v) is 6.82. The summed E-state index contributed by atoms with van der Waals surface area (Å²) in [5.41, 5.74) is 2.46. The molecular formula is C18H23NO2S. The van der Waals surface area contributed by atoms with Crippen molar-refractivity contribution in [1.82, 2.24) is 5.32 Å². The highest BCUT2D eigenvalue weighted by atomic mass is 32.2. The van der Waals surface area contributed by atoms with Gasteiger partial charge < -0.3 is 10.1 Å². The van der Waals surface area contributed by atoms with E-state index in [9.17, 15) is 4.21 Å². The van der Waals surface area contributed by atoms with Crippen molar-refractivity contribution in [2.24, 2.45) is 0 Å². The minimum Gasteiger partial charge on any atom is -0.497 e. The number of benzene rings is 2. The number of rotatable bonds is 7. The van der Waals surface area contributed by atoms with Gasteiger partial charge in [-0.15, -0.1) is 0 Å². The molecule has 22 heavy (non-hydrogen) atoms. The molecule has 0 radical (unpaired) electrons. The van der Waals surface area contributed by atoms with Crippen LogP contribution in [0.1, 0.15) is 18.1 Å². The summed E-state index contributed by atoms with van der Waals surface area (Å²) in [6.45, 7) is 2.98. The van der Waals surface area contributed by atoms with E-state index in [0.29, 0.717) is 6.04 Å². The number of ether oxygens (including phenoxy) is 1. The maximum Gasteiger partial charge on any atom is 0.119 e. The summed E-state index contributed by atoms with van der Waals surface area (Å²) in [6, 6.07) is 16.5. The molecule has 2 aromatic carbocycles. The normalized spacial score (nSPS) is 13.6. The van der Waals surface area contributed by atoms with E-state index in [1.54, 1.807) is 13.4 Å². The molecule has 0 saturated heterocycles. The average molecular weight is 317 g/mol. The fourth-order valence-corrected chi connectivity index (χ4v) is 2.84. The first-order chi connectivity index (χ1) is 10.6. The third-order valence-corrected chi connectivity index (χ3v) is 4.52. The van der Waals surface area contributed by atoms with Crippen LogP contribution in [0.2, 0.25) is 0 Å². The van der Waals surface area contributed by atoms with Crippen molar-refractivity contribution in [3.8, 4) is 5.75 Å². The van der Waals surface area contributed by atoms with Crippen LogP contribution in [-0.4, -0.2) is 23.6 Å². The van der Waals surface area contributed by atoms with Gasteiger partial charge in [0.25, 0.3) is 0 Å². The summed E-state index contributed by atoms with van der Waals surface area (Å²) in [4.78, 5) is 0.869. The fraction of sp³-hybridized carbons (Fsp3) is 0.333. The number of hydrogen-bond donors (Lipinski definition) is 1. The second kappa shape index (κ2) is 8.11. The molecule has 0 aliphatic heterocycles. The van der Waals surface area contributed by atoms with Gasteiger partial charge in [0.1, 0.15) is 5.75 Å². The van der Waals surface area contributed by atoms with E-state index >= 15 is 0 Å². The Bertz CT molecular complexity index is 625. The van der Waals surface area contributed by atoms with E-state index in [4.69, 9.17) is 4.74 Å². The first-order valence-electron chi connectivity index (χ1n) is 7.37. The van der Waals surface area contributed by atoms with Crippen LogP contribution in [0.15, 0.2) is 53.4 Å². The van der Waals surface area contributed by atoms with Crippen LogP contribution >= 0.6 is 0 Å². The Kier molecular flexibility index (Phi) is 6.16. The molecule has 0 aromatic heterocycles. The number of hydrogen-bond acceptors (Lipinski definition) is 3. The maximum atomic E-state index is 11.4.